The molecular weight excluding hydrogens is 434 g/mol. The molecule has 0 radical (unpaired) electrons. The van der Waals surface area contributed by atoms with Gasteiger partial charge in [0.1, 0.15) is 11.8 Å². The number of methoxy groups -OCH3 is 3. The van der Waals surface area contributed by atoms with Gasteiger partial charge in [0.05, 0.1) is 21.3 Å². The Bertz CT molecular complexity index is 1300. The Morgan fingerprint density at radius 2 is 1.68 bits per heavy atom. The predicted octanol–water partition coefficient (Wildman–Crippen LogP) is 4.02. The molecule has 5 rings (SSSR count). The first-order chi connectivity index (χ1) is 16.3. The van der Waals surface area contributed by atoms with E-state index in [4.69, 9.17) is 24.3 Å². The van der Waals surface area contributed by atoms with Gasteiger partial charge in [-0.3, -0.25) is 9.78 Å². The summed E-state index contributed by atoms with van der Waals surface area (Å²) in [6.07, 6.45) is 4.57. The molecule has 3 aromatic rings. The second kappa shape index (κ2) is 8.16. The number of ether oxygens (including phenoxy) is 3. The number of carbonyl (C=O) groups excluding carboxylic acids is 1. The fourth-order valence-corrected chi connectivity index (χ4v) is 4.79. The standard InChI is InChI=1S/C25H27N5O4/c1-25(2)12-16-21(17(31)13-25)22(15-10-19(33-4)20(34-5)11-18(15)32-3)30-24(27-16)28-23(29-30)14-6-8-26-9-7-14/h6-11,22H,12-13H2,1-5H3,(H,27,28,29). The highest BCUT2D eigenvalue weighted by molar-refractivity contribution is 6.00. The molecule has 3 heterocycles. The first-order valence-electron chi connectivity index (χ1n) is 11.1. The minimum atomic E-state index is -0.535. The lowest BCUT2D eigenvalue weighted by molar-refractivity contribution is -0.118. The molecule has 1 unspecified atom stereocenters. The van der Waals surface area contributed by atoms with E-state index in [0.29, 0.717) is 41.0 Å². The first-order valence-corrected chi connectivity index (χ1v) is 11.1. The maximum absolute atomic E-state index is 13.5. The van der Waals surface area contributed by atoms with E-state index >= 15 is 0 Å². The average Bonchev–Trinajstić information content (AvgIpc) is 3.25. The van der Waals surface area contributed by atoms with Crippen LogP contribution in [-0.2, 0) is 4.79 Å². The molecule has 2 aliphatic rings. The summed E-state index contributed by atoms with van der Waals surface area (Å²) in [6.45, 7) is 4.20. The van der Waals surface area contributed by atoms with Gasteiger partial charge in [-0.2, -0.15) is 4.98 Å². The third-order valence-electron chi connectivity index (χ3n) is 6.30. The molecule has 1 aromatic carbocycles. The van der Waals surface area contributed by atoms with Gasteiger partial charge in [-0.25, -0.2) is 4.68 Å². The summed E-state index contributed by atoms with van der Waals surface area (Å²) in [5.41, 5.74) is 2.95. The van der Waals surface area contributed by atoms with E-state index in [1.165, 1.54) is 0 Å². The summed E-state index contributed by atoms with van der Waals surface area (Å²) in [5.74, 6) is 2.84. The van der Waals surface area contributed by atoms with E-state index in [0.717, 1.165) is 23.2 Å². The number of hydrogen-bond acceptors (Lipinski definition) is 8. The fourth-order valence-electron chi connectivity index (χ4n) is 4.79. The molecule has 9 nitrogen and oxygen atoms in total. The van der Waals surface area contributed by atoms with Gasteiger partial charge in [0.2, 0.25) is 5.95 Å². The number of carbonyl (C=O) groups is 1. The summed E-state index contributed by atoms with van der Waals surface area (Å²) >= 11 is 0. The first kappa shape index (κ1) is 21.9. The van der Waals surface area contributed by atoms with Crippen LogP contribution in [0, 0.1) is 5.41 Å². The Morgan fingerprint density at radius 1 is 1.00 bits per heavy atom. The summed E-state index contributed by atoms with van der Waals surface area (Å²) in [5, 5.41) is 8.21. The lowest BCUT2D eigenvalue weighted by Crippen LogP contribution is -2.36. The van der Waals surface area contributed by atoms with Gasteiger partial charge < -0.3 is 19.5 Å². The highest BCUT2D eigenvalue weighted by Gasteiger charge is 2.43. The molecule has 9 heteroatoms. The number of ketones is 1. The zero-order valence-electron chi connectivity index (χ0n) is 19.9. The van der Waals surface area contributed by atoms with Crippen LogP contribution in [0.1, 0.15) is 38.3 Å². The van der Waals surface area contributed by atoms with Gasteiger partial charge >= 0.3 is 0 Å². The van der Waals surface area contributed by atoms with Gasteiger partial charge in [0.25, 0.3) is 0 Å². The molecular formula is C25H27N5O4. The van der Waals surface area contributed by atoms with Crippen molar-refractivity contribution >= 4 is 11.7 Å². The zero-order chi connectivity index (χ0) is 24.0. The van der Waals surface area contributed by atoms with Crippen molar-refractivity contribution in [2.45, 2.75) is 32.7 Å². The number of nitrogens with one attached hydrogen (secondary N) is 1. The Hall–Kier alpha value is -3.88. The molecule has 0 fully saturated rings. The third kappa shape index (κ3) is 3.57. The van der Waals surface area contributed by atoms with Crippen molar-refractivity contribution < 1.29 is 19.0 Å². The molecule has 1 aliphatic heterocycles. The summed E-state index contributed by atoms with van der Waals surface area (Å²) in [6, 6.07) is 6.80. The van der Waals surface area contributed by atoms with Gasteiger partial charge in [0, 0.05) is 47.3 Å². The molecule has 1 N–H and O–H groups in total. The van der Waals surface area contributed by atoms with Crippen LogP contribution in [0.2, 0.25) is 0 Å². The summed E-state index contributed by atoms with van der Waals surface area (Å²) in [4.78, 5) is 22.4. The third-order valence-corrected chi connectivity index (χ3v) is 6.30. The van der Waals surface area contributed by atoms with Crippen LogP contribution in [0.15, 0.2) is 47.9 Å². The van der Waals surface area contributed by atoms with E-state index in [1.54, 1.807) is 44.5 Å². The number of rotatable bonds is 5. The lowest BCUT2D eigenvalue weighted by Gasteiger charge is -2.38. The average molecular weight is 462 g/mol. The molecule has 0 saturated heterocycles. The van der Waals surface area contributed by atoms with E-state index in [2.05, 4.69) is 24.1 Å². The second-order valence-corrected chi connectivity index (χ2v) is 9.25. The SMILES string of the molecule is COc1cc(OC)c(C2C3=C(CC(C)(C)CC3=O)Nc3nc(-c4ccncc4)nn32)cc1OC. The van der Waals surface area contributed by atoms with E-state index in [-0.39, 0.29) is 11.2 Å². The molecule has 0 spiro atoms. The van der Waals surface area contributed by atoms with Crippen molar-refractivity contribution in [2.75, 3.05) is 26.6 Å². The van der Waals surface area contributed by atoms with Crippen molar-refractivity contribution in [3.63, 3.8) is 0 Å². The van der Waals surface area contributed by atoms with Gasteiger partial charge in [-0.05, 0) is 30.0 Å². The maximum Gasteiger partial charge on any atom is 0.226 e. The minimum Gasteiger partial charge on any atom is -0.496 e. The van der Waals surface area contributed by atoms with Gasteiger partial charge in [-0.1, -0.05) is 13.8 Å². The molecule has 0 saturated carbocycles. The van der Waals surface area contributed by atoms with Crippen LogP contribution in [0.3, 0.4) is 0 Å². The van der Waals surface area contributed by atoms with Crippen LogP contribution >= 0.6 is 0 Å². The Morgan fingerprint density at radius 3 is 2.35 bits per heavy atom. The Balaban J connectivity index is 1.75. The minimum absolute atomic E-state index is 0.0761. The van der Waals surface area contributed by atoms with E-state index < -0.39 is 6.04 Å². The van der Waals surface area contributed by atoms with Crippen molar-refractivity contribution in [1.29, 1.82) is 0 Å². The van der Waals surface area contributed by atoms with Crippen LogP contribution in [0.5, 0.6) is 17.2 Å². The molecule has 1 atom stereocenters. The smallest absolute Gasteiger partial charge is 0.226 e. The number of aromatic nitrogens is 4. The number of fused-ring (bicyclic) bond motifs is 1. The molecule has 34 heavy (non-hydrogen) atoms. The Labute approximate surface area is 197 Å². The predicted molar refractivity (Wildman–Crippen MR) is 126 cm³/mol. The highest BCUT2D eigenvalue weighted by Crippen LogP contribution is 2.49. The largest absolute Gasteiger partial charge is 0.496 e. The summed E-state index contributed by atoms with van der Waals surface area (Å²) in [7, 11) is 4.75. The normalized spacial score (nSPS) is 18.6. The van der Waals surface area contributed by atoms with Crippen molar-refractivity contribution in [2.24, 2.45) is 5.41 Å². The second-order valence-electron chi connectivity index (χ2n) is 9.25. The number of hydrogen-bond donors (Lipinski definition) is 1. The quantitative estimate of drug-likeness (QED) is 0.608. The van der Waals surface area contributed by atoms with Crippen LogP contribution in [-0.4, -0.2) is 46.9 Å². The Kier molecular flexibility index (Phi) is 5.27. The van der Waals surface area contributed by atoms with Crippen LogP contribution in [0.25, 0.3) is 11.4 Å². The number of anilines is 1. The van der Waals surface area contributed by atoms with Crippen molar-refractivity contribution in [3.8, 4) is 28.6 Å². The van der Waals surface area contributed by atoms with E-state index in [1.807, 2.05) is 18.2 Å². The van der Waals surface area contributed by atoms with E-state index in [9.17, 15) is 4.79 Å². The number of nitrogens with zero attached hydrogens (tertiary/aromatic N) is 4. The zero-order valence-corrected chi connectivity index (χ0v) is 19.9. The number of allylic oxidation sites excluding steroid dienone is 2. The number of pyridine rings is 1. The van der Waals surface area contributed by atoms with Gasteiger partial charge in [0.15, 0.2) is 23.1 Å². The molecule has 2 aromatic heterocycles. The van der Waals surface area contributed by atoms with Crippen molar-refractivity contribution in [1.82, 2.24) is 19.7 Å². The molecule has 1 aliphatic carbocycles. The molecule has 0 bridgehead atoms. The molecule has 0 amide bonds. The van der Waals surface area contributed by atoms with Crippen LogP contribution in [0.4, 0.5) is 5.95 Å². The topological polar surface area (TPSA) is 100 Å². The highest BCUT2D eigenvalue weighted by atomic mass is 16.5. The fraction of sp³-hybridized carbons (Fsp3) is 0.360. The van der Waals surface area contributed by atoms with Crippen LogP contribution < -0.4 is 19.5 Å². The maximum atomic E-state index is 13.5. The number of Topliss-reactive ketones (excluding diaryl/α,β-unsaturated/α-hetero) is 1. The molecule has 176 valence electrons. The monoisotopic (exact) mass is 461 g/mol. The lowest BCUT2D eigenvalue weighted by atomic mass is 9.73. The summed E-state index contributed by atoms with van der Waals surface area (Å²) < 4.78 is 18.5. The number of benzene rings is 1. The van der Waals surface area contributed by atoms with Gasteiger partial charge in [-0.15, -0.1) is 5.10 Å². The van der Waals surface area contributed by atoms with Crippen molar-refractivity contribution in [3.05, 3.63) is 53.5 Å².